The lowest BCUT2D eigenvalue weighted by Gasteiger charge is -2.26. The topological polar surface area (TPSA) is 81.0 Å². The van der Waals surface area contributed by atoms with E-state index in [4.69, 9.17) is 13.9 Å². The number of rotatable bonds is 8. The molecule has 0 saturated heterocycles. The predicted octanol–water partition coefficient (Wildman–Crippen LogP) is 3.87. The molecule has 3 aromatic rings. The van der Waals surface area contributed by atoms with Crippen LogP contribution in [-0.2, 0) is 4.79 Å². The Balaban J connectivity index is 0.00000306. The number of carbonyl (C=O) groups excluding carboxylic acids is 1. The van der Waals surface area contributed by atoms with Crippen molar-refractivity contribution in [1.82, 2.24) is 10.2 Å². The number of fused-ring (bicyclic) bond motifs is 2. The Kier molecular flexibility index (Phi) is 8.36. The van der Waals surface area contributed by atoms with Crippen LogP contribution in [0.5, 0.6) is 11.5 Å². The van der Waals surface area contributed by atoms with Crippen molar-refractivity contribution in [2.45, 2.75) is 26.4 Å². The van der Waals surface area contributed by atoms with E-state index < -0.39 is 6.10 Å². The van der Waals surface area contributed by atoms with E-state index in [0.29, 0.717) is 40.3 Å². The molecule has 8 heteroatoms. The van der Waals surface area contributed by atoms with Crippen molar-refractivity contribution >= 4 is 29.3 Å². The zero-order valence-corrected chi connectivity index (χ0v) is 19.7. The van der Waals surface area contributed by atoms with Crippen molar-refractivity contribution in [2.24, 2.45) is 0 Å². The number of nitrogens with zero attached hydrogens (tertiary/aromatic N) is 1. The summed E-state index contributed by atoms with van der Waals surface area (Å²) in [4.78, 5) is 27.2. The fourth-order valence-electron chi connectivity index (χ4n) is 3.77. The van der Waals surface area contributed by atoms with Crippen LogP contribution in [0.25, 0.3) is 22.3 Å². The molecule has 2 aromatic carbocycles. The number of ether oxygens (including phenoxy) is 2. The first-order valence-electron chi connectivity index (χ1n) is 11.1. The minimum Gasteiger partial charge on any atom is -0.485 e. The first kappa shape index (κ1) is 24.6. The lowest BCUT2D eigenvalue weighted by Crippen LogP contribution is -2.44. The van der Waals surface area contributed by atoms with E-state index >= 15 is 0 Å². The Hall–Kier alpha value is -3.03. The molecular weight excluding hydrogens is 444 g/mol. The number of carbonyl (C=O) groups is 1. The van der Waals surface area contributed by atoms with Crippen LogP contribution in [0.1, 0.15) is 20.3 Å². The molecule has 0 saturated carbocycles. The molecule has 0 fully saturated rings. The molecule has 1 aromatic heterocycles. The van der Waals surface area contributed by atoms with E-state index in [-0.39, 0.29) is 30.3 Å². The second-order valence-electron chi connectivity index (χ2n) is 7.72. The second kappa shape index (κ2) is 11.2. The fraction of sp³-hybridized carbons (Fsp3) is 0.360. The number of amides is 1. The van der Waals surface area contributed by atoms with E-state index in [1.54, 1.807) is 36.4 Å². The van der Waals surface area contributed by atoms with Crippen molar-refractivity contribution in [3.63, 3.8) is 0 Å². The van der Waals surface area contributed by atoms with E-state index in [9.17, 15) is 9.59 Å². The van der Waals surface area contributed by atoms with Crippen LogP contribution in [0.15, 0.2) is 57.7 Å². The van der Waals surface area contributed by atoms with Crippen molar-refractivity contribution in [1.29, 1.82) is 0 Å². The molecule has 1 unspecified atom stereocenters. The summed E-state index contributed by atoms with van der Waals surface area (Å²) in [6.45, 7) is 7.95. The van der Waals surface area contributed by atoms with Gasteiger partial charge in [0.25, 0.3) is 5.91 Å². The molecule has 33 heavy (non-hydrogen) atoms. The van der Waals surface area contributed by atoms with Gasteiger partial charge in [-0.3, -0.25) is 9.59 Å². The molecule has 176 valence electrons. The highest BCUT2D eigenvalue weighted by Crippen LogP contribution is 2.36. The van der Waals surface area contributed by atoms with Gasteiger partial charge in [0.2, 0.25) is 6.10 Å². The first-order chi connectivity index (χ1) is 15.6. The van der Waals surface area contributed by atoms with Gasteiger partial charge in [0.15, 0.2) is 16.9 Å². The third-order valence-corrected chi connectivity index (χ3v) is 5.66. The molecule has 0 aliphatic carbocycles. The summed E-state index contributed by atoms with van der Waals surface area (Å²) in [5.41, 5.74) is 1.13. The Morgan fingerprint density at radius 3 is 2.67 bits per heavy atom. The number of nitrogens with one attached hydrogen (secondary N) is 1. The molecule has 4 rings (SSSR count). The minimum atomic E-state index is -0.694. The van der Waals surface area contributed by atoms with Gasteiger partial charge < -0.3 is 24.1 Å². The number of hydrogen-bond donors (Lipinski definition) is 1. The summed E-state index contributed by atoms with van der Waals surface area (Å²) in [5, 5.41) is 3.47. The lowest BCUT2D eigenvalue weighted by molar-refractivity contribution is -0.130. The van der Waals surface area contributed by atoms with Gasteiger partial charge in [0.1, 0.15) is 18.0 Å². The third-order valence-electron chi connectivity index (χ3n) is 5.66. The SMILES string of the molecule is CCN(CC)CCCNC(=O)C1COc2cc(-c3cc(=O)c4ccccc4o3)ccc2O1.Cl. The van der Waals surface area contributed by atoms with Crippen molar-refractivity contribution in [3.8, 4) is 22.8 Å². The Morgan fingerprint density at radius 1 is 1.09 bits per heavy atom. The van der Waals surface area contributed by atoms with Crippen molar-refractivity contribution in [3.05, 3.63) is 58.8 Å². The maximum absolute atomic E-state index is 12.5. The summed E-state index contributed by atoms with van der Waals surface area (Å²) in [5.74, 6) is 1.28. The van der Waals surface area contributed by atoms with Crippen LogP contribution in [0, 0.1) is 0 Å². The number of para-hydroxylation sites is 1. The molecule has 1 amide bonds. The minimum absolute atomic E-state index is 0. The van der Waals surface area contributed by atoms with E-state index in [1.807, 2.05) is 6.07 Å². The van der Waals surface area contributed by atoms with Gasteiger partial charge >= 0.3 is 0 Å². The quantitative estimate of drug-likeness (QED) is 0.501. The van der Waals surface area contributed by atoms with Gasteiger partial charge in [-0.05, 0) is 56.4 Å². The highest BCUT2D eigenvalue weighted by Gasteiger charge is 2.27. The average molecular weight is 473 g/mol. The van der Waals surface area contributed by atoms with Crippen molar-refractivity contribution in [2.75, 3.05) is 32.8 Å². The van der Waals surface area contributed by atoms with Gasteiger partial charge in [0.05, 0.1) is 5.39 Å². The molecule has 1 aliphatic rings. The van der Waals surface area contributed by atoms with E-state index in [0.717, 1.165) is 26.1 Å². The highest BCUT2D eigenvalue weighted by molar-refractivity contribution is 5.85. The number of halogens is 1. The van der Waals surface area contributed by atoms with Crippen LogP contribution in [-0.4, -0.2) is 49.7 Å². The molecule has 7 nitrogen and oxygen atoms in total. The summed E-state index contributed by atoms with van der Waals surface area (Å²) >= 11 is 0. The Bertz CT molecular complexity index is 1160. The van der Waals surface area contributed by atoms with E-state index in [1.165, 1.54) is 6.07 Å². The molecular formula is C25H29ClN2O5. The van der Waals surface area contributed by atoms with Gasteiger partial charge in [-0.15, -0.1) is 12.4 Å². The van der Waals surface area contributed by atoms with Gasteiger partial charge in [-0.2, -0.15) is 0 Å². The van der Waals surface area contributed by atoms with Crippen LogP contribution >= 0.6 is 12.4 Å². The average Bonchev–Trinajstić information content (AvgIpc) is 2.83. The smallest absolute Gasteiger partial charge is 0.264 e. The third kappa shape index (κ3) is 5.67. The van der Waals surface area contributed by atoms with Crippen molar-refractivity contribution < 1.29 is 18.7 Å². The van der Waals surface area contributed by atoms with Crippen LogP contribution in [0.2, 0.25) is 0 Å². The summed E-state index contributed by atoms with van der Waals surface area (Å²) < 4.78 is 17.6. The molecule has 2 heterocycles. The summed E-state index contributed by atoms with van der Waals surface area (Å²) in [6.07, 6.45) is 0.193. The standard InChI is InChI=1S/C25H28N2O5.ClH/c1-3-27(4-2)13-7-12-26-25(29)24-16-30-23-14-17(10-11-21(23)32-24)22-15-19(28)18-8-5-6-9-20(18)31-22;/h5-6,8-11,14-15,24H,3-4,7,12-13,16H2,1-2H3,(H,26,29);1H. The molecule has 1 N–H and O–H groups in total. The lowest BCUT2D eigenvalue weighted by atomic mass is 10.1. The zero-order chi connectivity index (χ0) is 22.5. The first-order valence-corrected chi connectivity index (χ1v) is 11.1. The van der Waals surface area contributed by atoms with E-state index in [2.05, 4.69) is 24.1 Å². The zero-order valence-electron chi connectivity index (χ0n) is 18.8. The summed E-state index contributed by atoms with van der Waals surface area (Å²) in [7, 11) is 0. The molecule has 0 spiro atoms. The van der Waals surface area contributed by atoms with Gasteiger partial charge in [-0.25, -0.2) is 0 Å². The Labute approximate surface area is 199 Å². The normalized spacial score (nSPS) is 14.7. The maximum Gasteiger partial charge on any atom is 0.264 e. The van der Waals surface area contributed by atoms with Gasteiger partial charge in [0, 0.05) is 18.2 Å². The van der Waals surface area contributed by atoms with Crippen LogP contribution in [0.3, 0.4) is 0 Å². The Morgan fingerprint density at radius 2 is 1.88 bits per heavy atom. The number of hydrogen-bond acceptors (Lipinski definition) is 6. The maximum atomic E-state index is 12.5. The largest absolute Gasteiger partial charge is 0.485 e. The van der Waals surface area contributed by atoms with Crippen LogP contribution < -0.4 is 20.2 Å². The highest BCUT2D eigenvalue weighted by atomic mass is 35.5. The molecule has 1 aliphatic heterocycles. The number of benzene rings is 2. The monoisotopic (exact) mass is 472 g/mol. The fourth-order valence-corrected chi connectivity index (χ4v) is 3.77. The van der Waals surface area contributed by atoms with Gasteiger partial charge in [-0.1, -0.05) is 26.0 Å². The molecule has 0 bridgehead atoms. The van der Waals surface area contributed by atoms with Crippen LogP contribution in [0.4, 0.5) is 0 Å². The second-order valence-corrected chi connectivity index (χ2v) is 7.72. The predicted molar refractivity (Wildman–Crippen MR) is 130 cm³/mol. The summed E-state index contributed by atoms with van der Waals surface area (Å²) in [6, 6.07) is 13.9. The molecule has 1 atom stereocenters. The molecule has 0 radical (unpaired) electrons.